The molecule has 0 aliphatic carbocycles. The van der Waals surface area contributed by atoms with E-state index in [0.29, 0.717) is 11.6 Å². The molecule has 0 spiro atoms. The molecule has 4 heteroatoms. The number of hydrogen-bond acceptors (Lipinski definition) is 3. The largest absolute Gasteiger partial charge is 0.439 e. The molecule has 2 aromatic rings. The Labute approximate surface area is 109 Å². The third-order valence-corrected chi connectivity index (χ3v) is 2.96. The van der Waals surface area contributed by atoms with Crippen LogP contribution < -0.4 is 10.5 Å². The SMILES string of the molecule is Cc1cnc(Oc2ccc(Br)cc2C)cc1N. The van der Waals surface area contributed by atoms with Crippen molar-refractivity contribution in [2.24, 2.45) is 0 Å². The number of halogens is 1. The summed E-state index contributed by atoms with van der Waals surface area (Å²) >= 11 is 3.41. The molecule has 1 heterocycles. The van der Waals surface area contributed by atoms with Crippen molar-refractivity contribution in [1.29, 1.82) is 0 Å². The van der Waals surface area contributed by atoms with Crippen LogP contribution in [0.4, 0.5) is 5.69 Å². The predicted octanol–water partition coefficient (Wildman–Crippen LogP) is 3.84. The van der Waals surface area contributed by atoms with E-state index >= 15 is 0 Å². The summed E-state index contributed by atoms with van der Waals surface area (Å²) < 4.78 is 6.71. The maximum Gasteiger partial charge on any atom is 0.221 e. The molecule has 0 saturated carbocycles. The van der Waals surface area contributed by atoms with Crippen molar-refractivity contribution < 1.29 is 4.74 Å². The highest BCUT2D eigenvalue weighted by Gasteiger charge is 2.04. The first-order valence-corrected chi connectivity index (χ1v) is 6.01. The third-order valence-electron chi connectivity index (χ3n) is 2.47. The van der Waals surface area contributed by atoms with Crippen LogP contribution in [-0.4, -0.2) is 4.98 Å². The Morgan fingerprint density at radius 2 is 1.94 bits per heavy atom. The van der Waals surface area contributed by atoms with Crippen molar-refractivity contribution in [3.8, 4) is 11.6 Å². The number of pyridine rings is 1. The predicted molar refractivity (Wildman–Crippen MR) is 72.3 cm³/mol. The number of aryl methyl sites for hydroxylation is 2. The molecule has 1 aromatic carbocycles. The van der Waals surface area contributed by atoms with Crippen molar-refractivity contribution in [3.05, 3.63) is 46.1 Å². The summed E-state index contributed by atoms with van der Waals surface area (Å²) in [5.41, 5.74) is 8.48. The van der Waals surface area contributed by atoms with Crippen molar-refractivity contribution in [1.82, 2.24) is 4.98 Å². The van der Waals surface area contributed by atoms with Crippen LogP contribution in [0.15, 0.2) is 34.9 Å². The van der Waals surface area contributed by atoms with E-state index in [2.05, 4.69) is 20.9 Å². The quantitative estimate of drug-likeness (QED) is 0.915. The minimum Gasteiger partial charge on any atom is -0.439 e. The van der Waals surface area contributed by atoms with Crippen molar-refractivity contribution in [2.45, 2.75) is 13.8 Å². The molecular formula is C13H13BrN2O. The van der Waals surface area contributed by atoms with E-state index in [0.717, 1.165) is 21.3 Å². The summed E-state index contributed by atoms with van der Waals surface area (Å²) in [5.74, 6) is 1.29. The van der Waals surface area contributed by atoms with Gasteiger partial charge in [0.15, 0.2) is 0 Å². The summed E-state index contributed by atoms with van der Waals surface area (Å²) in [6.07, 6.45) is 1.71. The fourth-order valence-electron chi connectivity index (χ4n) is 1.41. The Morgan fingerprint density at radius 3 is 2.59 bits per heavy atom. The fraction of sp³-hybridized carbons (Fsp3) is 0.154. The van der Waals surface area contributed by atoms with Crippen molar-refractivity contribution in [2.75, 3.05) is 5.73 Å². The average molecular weight is 293 g/mol. The molecule has 0 atom stereocenters. The van der Waals surface area contributed by atoms with Gasteiger partial charge in [-0.1, -0.05) is 15.9 Å². The molecule has 0 aliphatic rings. The Balaban J connectivity index is 2.28. The Kier molecular flexibility index (Phi) is 3.33. The Morgan fingerprint density at radius 1 is 1.18 bits per heavy atom. The molecule has 0 aliphatic heterocycles. The van der Waals surface area contributed by atoms with Gasteiger partial charge in [0.2, 0.25) is 5.88 Å². The van der Waals surface area contributed by atoms with Gasteiger partial charge in [-0.3, -0.25) is 0 Å². The van der Waals surface area contributed by atoms with Gasteiger partial charge in [-0.05, 0) is 43.2 Å². The van der Waals surface area contributed by atoms with Gasteiger partial charge in [0.1, 0.15) is 5.75 Å². The molecule has 17 heavy (non-hydrogen) atoms. The van der Waals surface area contributed by atoms with Crippen LogP contribution in [0.5, 0.6) is 11.6 Å². The first kappa shape index (κ1) is 11.9. The van der Waals surface area contributed by atoms with E-state index in [1.807, 2.05) is 32.0 Å². The van der Waals surface area contributed by atoms with Crippen LogP contribution in [-0.2, 0) is 0 Å². The van der Waals surface area contributed by atoms with E-state index in [4.69, 9.17) is 10.5 Å². The van der Waals surface area contributed by atoms with E-state index in [1.54, 1.807) is 12.3 Å². The molecule has 0 unspecified atom stereocenters. The number of nitrogens with two attached hydrogens (primary N) is 1. The van der Waals surface area contributed by atoms with E-state index in [-0.39, 0.29) is 0 Å². The van der Waals surface area contributed by atoms with Crippen LogP contribution in [0.3, 0.4) is 0 Å². The molecule has 0 saturated heterocycles. The lowest BCUT2D eigenvalue weighted by Gasteiger charge is -2.09. The normalized spacial score (nSPS) is 10.3. The summed E-state index contributed by atoms with van der Waals surface area (Å²) in [6.45, 7) is 3.90. The smallest absolute Gasteiger partial charge is 0.221 e. The van der Waals surface area contributed by atoms with Gasteiger partial charge >= 0.3 is 0 Å². The summed E-state index contributed by atoms with van der Waals surface area (Å²) in [4.78, 5) is 4.18. The molecule has 0 radical (unpaired) electrons. The number of benzene rings is 1. The highest BCUT2D eigenvalue weighted by atomic mass is 79.9. The van der Waals surface area contributed by atoms with Gasteiger partial charge in [0, 0.05) is 22.4 Å². The Bertz CT molecular complexity index is 555. The van der Waals surface area contributed by atoms with Gasteiger partial charge < -0.3 is 10.5 Å². The zero-order chi connectivity index (χ0) is 12.4. The average Bonchev–Trinajstić information content (AvgIpc) is 2.27. The van der Waals surface area contributed by atoms with E-state index in [1.165, 1.54) is 0 Å². The summed E-state index contributed by atoms with van der Waals surface area (Å²) in [6, 6.07) is 7.56. The number of ether oxygens (including phenoxy) is 1. The minimum atomic E-state index is 0.513. The maximum atomic E-state index is 5.81. The molecule has 88 valence electrons. The van der Waals surface area contributed by atoms with Crippen LogP contribution in [0, 0.1) is 13.8 Å². The third kappa shape index (κ3) is 2.77. The second-order valence-corrected chi connectivity index (χ2v) is 4.81. The summed E-state index contributed by atoms with van der Waals surface area (Å²) in [5, 5.41) is 0. The molecule has 0 fully saturated rings. The molecule has 1 aromatic heterocycles. The molecule has 0 bridgehead atoms. The second-order valence-electron chi connectivity index (χ2n) is 3.89. The lowest BCUT2D eigenvalue weighted by Crippen LogP contribution is -1.95. The standard InChI is InChI=1S/C13H13BrN2O/c1-8-5-10(14)3-4-12(8)17-13-6-11(15)9(2)7-16-13/h3-7H,1-2H3,(H2,15,16). The van der Waals surface area contributed by atoms with E-state index in [9.17, 15) is 0 Å². The maximum absolute atomic E-state index is 5.81. The highest BCUT2D eigenvalue weighted by molar-refractivity contribution is 9.10. The molecule has 2 N–H and O–H groups in total. The van der Waals surface area contributed by atoms with Gasteiger partial charge in [0.05, 0.1) is 0 Å². The molecular weight excluding hydrogens is 280 g/mol. The van der Waals surface area contributed by atoms with Gasteiger partial charge in [0.25, 0.3) is 0 Å². The number of rotatable bonds is 2. The first-order valence-electron chi connectivity index (χ1n) is 5.22. The minimum absolute atomic E-state index is 0.513. The van der Waals surface area contributed by atoms with Crippen LogP contribution in [0.1, 0.15) is 11.1 Å². The number of nitrogen functional groups attached to an aromatic ring is 1. The second kappa shape index (κ2) is 4.75. The van der Waals surface area contributed by atoms with Crippen molar-refractivity contribution in [3.63, 3.8) is 0 Å². The van der Waals surface area contributed by atoms with Crippen molar-refractivity contribution >= 4 is 21.6 Å². The zero-order valence-corrected chi connectivity index (χ0v) is 11.3. The number of aromatic nitrogens is 1. The number of anilines is 1. The molecule has 0 amide bonds. The monoisotopic (exact) mass is 292 g/mol. The first-order chi connectivity index (χ1) is 8.06. The van der Waals surface area contributed by atoms with Crippen LogP contribution in [0.25, 0.3) is 0 Å². The van der Waals surface area contributed by atoms with Crippen LogP contribution >= 0.6 is 15.9 Å². The lowest BCUT2D eigenvalue weighted by atomic mass is 10.2. The van der Waals surface area contributed by atoms with Crippen LogP contribution in [0.2, 0.25) is 0 Å². The van der Waals surface area contributed by atoms with Gasteiger partial charge in [-0.2, -0.15) is 0 Å². The Hall–Kier alpha value is -1.55. The highest BCUT2D eigenvalue weighted by Crippen LogP contribution is 2.27. The number of hydrogen-bond donors (Lipinski definition) is 1. The fourth-order valence-corrected chi connectivity index (χ4v) is 1.89. The van der Waals surface area contributed by atoms with E-state index < -0.39 is 0 Å². The zero-order valence-electron chi connectivity index (χ0n) is 9.70. The lowest BCUT2D eigenvalue weighted by molar-refractivity contribution is 0.459. The molecule has 3 nitrogen and oxygen atoms in total. The molecule has 2 rings (SSSR count). The summed E-state index contributed by atoms with van der Waals surface area (Å²) in [7, 11) is 0. The number of nitrogens with zero attached hydrogens (tertiary/aromatic N) is 1. The topological polar surface area (TPSA) is 48.1 Å². The van der Waals surface area contributed by atoms with Gasteiger partial charge in [-0.25, -0.2) is 4.98 Å². The van der Waals surface area contributed by atoms with Gasteiger partial charge in [-0.15, -0.1) is 0 Å².